The van der Waals surface area contributed by atoms with Crippen LogP contribution in [-0.4, -0.2) is 18.7 Å². The maximum absolute atomic E-state index is 11.7. The molecule has 0 aromatic carbocycles. The van der Waals surface area contributed by atoms with E-state index in [1.165, 1.54) is 19.3 Å². The molecule has 0 bridgehead atoms. The average molecular weight is 253 g/mol. The summed E-state index contributed by atoms with van der Waals surface area (Å²) >= 11 is 1.58. The summed E-state index contributed by atoms with van der Waals surface area (Å²) in [6.45, 7) is 2.92. The summed E-state index contributed by atoms with van der Waals surface area (Å²) in [6, 6.07) is 3.92. The van der Waals surface area contributed by atoms with Gasteiger partial charge in [-0.3, -0.25) is 4.90 Å². The average Bonchev–Trinajstić information content (AvgIpc) is 2.93. The van der Waals surface area contributed by atoms with Gasteiger partial charge in [0, 0.05) is 0 Å². The van der Waals surface area contributed by atoms with Crippen LogP contribution in [0.2, 0.25) is 0 Å². The zero-order valence-electron chi connectivity index (χ0n) is 10.2. The highest BCUT2D eigenvalue weighted by molar-refractivity contribution is 7.14. The Labute approximate surface area is 106 Å². The first-order valence-corrected chi connectivity index (χ1v) is 7.21. The van der Waals surface area contributed by atoms with E-state index in [4.69, 9.17) is 4.74 Å². The Balaban J connectivity index is 1.79. The molecule has 1 aliphatic heterocycles. The number of hydrogen-bond donors (Lipinski definition) is 0. The molecule has 17 heavy (non-hydrogen) atoms. The molecule has 0 aliphatic carbocycles. The number of amides is 1. The van der Waals surface area contributed by atoms with Crippen molar-refractivity contribution in [2.24, 2.45) is 0 Å². The van der Waals surface area contributed by atoms with Crippen LogP contribution < -0.4 is 4.90 Å². The Hall–Kier alpha value is -1.03. The molecule has 3 nitrogen and oxygen atoms in total. The zero-order chi connectivity index (χ0) is 12.1. The van der Waals surface area contributed by atoms with Gasteiger partial charge in [0.25, 0.3) is 0 Å². The number of nitrogens with zero attached hydrogens (tertiary/aromatic N) is 1. The molecule has 0 saturated carbocycles. The van der Waals surface area contributed by atoms with Crippen LogP contribution in [0.4, 0.5) is 9.80 Å². The number of hydrogen-bond acceptors (Lipinski definition) is 3. The van der Waals surface area contributed by atoms with E-state index in [0.29, 0.717) is 6.54 Å². The molecule has 0 spiro atoms. The van der Waals surface area contributed by atoms with Gasteiger partial charge in [0.1, 0.15) is 11.1 Å². The maximum atomic E-state index is 11.7. The van der Waals surface area contributed by atoms with Crippen molar-refractivity contribution in [3.63, 3.8) is 0 Å². The SMILES string of the molecule is CCCCCC[C@H]1CN(c2cccs2)C(=O)O1. The van der Waals surface area contributed by atoms with Crippen molar-refractivity contribution in [1.82, 2.24) is 0 Å². The molecule has 1 saturated heterocycles. The Morgan fingerprint density at radius 2 is 2.35 bits per heavy atom. The normalized spacial score (nSPS) is 19.7. The smallest absolute Gasteiger partial charge is 0.415 e. The Morgan fingerprint density at radius 1 is 1.47 bits per heavy atom. The van der Waals surface area contributed by atoms with Crippen molar-refractivity contribution in [2.45, 2.75) is 45.1 Å². The predicted molar refractivity (Wildman–Crippen MR) is 70.7 cm³/mol. The fraction of sp³-hybridized carbons (Fsp3) is 0.615. The fourth-order valence-corrected chi connectivity index (χ4v) is 2.80. The lowest BCUT2D eigenvalue weighted by atomic mass is 10.1. The number of thiophene rings is 1. The highest BCUT2D eigenvalue weighted by Crippen LogP contribution is 2.27. The maximum Gasteiger partial charge on any atom is 0.415 e. The molecule has 0 radical (unpaired) electrons. The first-order valence-electron chi connectivity index (χ1n) is 6.33. The van der Waals surface area contributed by atoms with Gasteiger partial charge in [-0.25, -0.2) is 4.79 Å². The molecular weight excluding hydrogens is 234 g/mol. The van der Waals surface area contributed by atoms with Crippen molar-refractivity contribution < 1.29 is 9.53 Å². The van der Waals surface area contributed by atoms with Gasteiger partial charge in [-0.15, -0.1) is 11.3 Å². The lowest BCUT2D eigenvalue weighted by molar-refractivity contribution is 0.135. The Morgan fingerprint density at radius 3 is 3.06 bits per heavy atom. The van der Waals surface area contributed by atoms with Gasteiger partial charge >= 0.3 is 6.09 Å². The first kappa shape index (κ1) is 12.4. The third kappa shape index (κ3) is 3.22. The number of carbonyl (C=O) groups is 1. The molecule has 1 amide bonds. The molecule has 1 aliphatic rings. The zero-order valence-corrected chi connectivity index (χ0v) is 11.0. The molecule has 1 atom stereocenters. The summed E-state index contributed by atoms with van der Waals surface area (Å²) in [4.78, 5) is 13.4. The summed E-state index contributed by atoms with van der Waals surface area (Å²) in [5, 5.41) is 2.98. The van der Waals surface area contributed by atoms with Crippen LogP contribution >= 0.6 is 11.3 Å². The highest BCUT2D eigenvalue weighted by Gasteiger charge is 2.32. The van der Waals surface area contributed by atoms with E-state index in [1.54, 1.807) is 16.2 Å². The third-order valence-electron chi connectivity index (χ3n) is 3.03. The van der Waals surface area contributed by atoms with Crippen molar-refractivity contribution in [3.8, 4) is 0 Å². The van der Waals surface area contributed by atoms with Crippen LogP contribution in [0.1, 0.15) is 39.0 Å². The number of carbonyl (C=O) groups excluding carboxylic acids is 1. The lowest BCUT2D eigenvalue weighted by Gasteiger charge is -2.09. The summed E-state index contributed by atoms with van der Waals surface area (Å²) < 4.78 is 5.37. The van der Waals surface area contributed by atoms with Crippen molar-refractivity contribution in [3.05, 3.63) is 17.5 Å². The van der Waals surface area contributed by atoms with E-state index in [2.05, 4.69) is 6.92 Å². The van der Waals surface area contributed by atoms with Gasteiger partial charge in [0.05, 0.1) is 6.54 Å². The lowest BCUT2D eigenvalue weighted by Crippen LogP contribution is -2.23. The predicted octanol–water partition coefficient (Wildman–Crippen LogP) is 4.04. The van der Waals surface area contributed by atoms with E-state index in [1.807, 2.05) is 17.5 Å². The highest BCUT2D eigenvalue weighted by atomic mass is 32.1. The van der Waals surface area contributed by atoms with E-state index in [0.717, 1.165) is 17.8 Å². The molecule has 94 valence electrons. The molecule has 2 rings (SSSR count). The van der Waals surface area contributed by atoms with E-state index in [-0.39, 0.29) is 12.2 Å². The number of cyclic esters (lactones) is 1. The van der Waals surface area contributed by atoms with Gasteiger partial charge in [-0.1, -0.05) is 26.2 Å². The van der Waals surface area contributed by atoms with Crippen LogP contribution in [0.3, 0.4) is 0 Å². The van der Waals surface area contributed by atoms with Crippen LogP contribution in [0.15, 0.2) is 17.5 Å². The second-order valence-electron chi connectivity index (χ2n) is 4.42. The monoisotopic (exact) mass is 253 g/mol. The van der Waals surface area contributed by atoms with Crippen molar-refractivity contribution >= 4 is 22.4 Å². The second-order valence-corrected chi connectivity index (χ2v) is 5.34. The van der Waals surface area contributed by atoms with Crippen LogP contribution in [0.5, 0.6) is 0 Å². The number of unbranched alkanes of at least 4 members (excludes halogenated alkanes) is 3. The third-order valence-corrected chi connectivity index (χ3v) is 3.92. The van der Waals surface area contributed by atoms with E-state index < -0.39 is 0 Å². The number of anilines is 1. The van der Waals surface area contributed by atoms with Crippen molar-refractivity contribution in [1.29, 1.82) is 0 Å². The minimum absolute atomic E-state index is 0.0847. The molecule has 0 unspecified atom stereocenters. The van der Waals surface area contributed by atoms with Gasteiger partial charge in [0.2, 0.25) is 0 Å². The minimum atomic E-state index is -0.187. The molecule has 1 aromatic heterocycles. The summed E-state index contributed by atoms with van der Waals surface area (Å²) in [7, 11) is 0. The molecule has 4 heteroatoms. The quantitative estimate of drug-likeness (QED) is 0.716. The number of ether oxygens (including phenoxy) is 1. The van der Waals surface area contributed by atoms with E-state index in [9.17, 15) is 4.79 Å². The Kier molecular flexibility index (Phi) is 4.42. The molecule has 2 heterocycles. The second kappa shape index (κ2) is 6.05. The van der Waals surface area contributed by atoms with Gasteiger partial charge in [-0.2, -0.15) is 0 Å². The Bertz CT molecular complexity index is 350. The topological polar surface area (TPSA) is 29.5 Å². The van der Waals surface area contributed by atoms with Crippen LogP contribution in [0.25, 0.3) is 0 Å². The molecule has 0 N–H and O–H groups in total. The largest absolute Gasteiger partial charge is 0.444 e. The van der Waals surface area contributed by atoms with E-state index >= 15 is 0 Å². The fourth-order valence-electron chi connectivity index (χ4n) is 2.07. The van der Waals surface area contributed by atoms with Crippen LogP contribution in [0, 0.1) is 0 Å². The first-order chi connectivity index (χ1) is 8.31. The minimum Gasteiger partial charge on any atom is -0.444 e. The van der Waals surface area contributed by atoms with Gasteiger partial charge in [0.15, 0.2) is 0 Å². The van der Waals surface area contributed by atoms with Gasteiger partial charge < -0.3 is 4.74 Å². The summed E-state index contributed by atoms with van der Waals surface area (Å²) in [5.41, 5.74) is 0. The van der Waals surface area contributed by atoms with Crippen molar-refractivity contribution in [2.75, 3.05) is 11.4 Å². The van der Waals surface area contributed by atoms with Gasteiger partial charge in [-0.05, 0) is 30.4 Å². The number of rotatable bonds is 6. The molecular formula is C13H19NO2S. The standard InChI is InChI=1S/C13H19NO2S/c1-2-3-4-5-7-11-10-14(13(15)16-11)12-8-6-9-17-12/h6,8-9,11H,2-5,7,10H2,1H3/t11-/m0/s1. The summed E-state index contributed by atoms with van der Waals surface area (Å²) in [5.74, 6) is 0. The van der Waals surface area contributed by atoms with Crippen LogP contribution in [-0.2, 0) is 4.74 Å². The molecule has 1 fully saturated rings. The summed E-state index contributed by atoms with van der Waals surface area (Å²) in [6.07, 6.45) is 5.80. The molecule has 1 aromatic rings.